The Morgan fingerprint density at radius 2 is 1.06 bits per heavy atom. The first-order chi connectivity index (χ1) is 16.4. The maximum Gasteiger partial charge on any atom is -0.0104 e. The Morgan fingerprint density at radius 3 is 1.73 bits per heavy atom. The van der Waals surface area contributed by atoms with Crippen molar-refractivity contribution in [2.24, 2.45) is 0 Å². The predicted molar refractivity (Wildman–Crippen MR) is 146 cm³/mol. The van der Waals surface area contributed by atoms with Crippen LogP contribution in [0.4, 0.5) is 0 Å². The molecule has 0 saturated heterocycles. The first-order valence-electron chi connectivity index (χ1n) is 13.4. The fourth-order valence-corrected chi connectivity index (χ4v) is 10.2. The fourth-order valence-electron chi connectivity index (χ4n) is 6.26. The zero-order valence-corrected chi connectivity index (χ0v) is 21.0. The lowest BCUT2D eigenvalue weighted by molar-refractivity contribution is 0.487. The van der Waals surface area contributed by atoms with Crippen molar-refractivity contribution in [2.75, 3.05) is 0 Å². The third-order valence-corrected chi connectivity index (χ3v) is 11.5. The molecule has 2 aliphatic carbocycles. The van der Waals surface area contributed by atoms with Gasteiger partial charge in [0.15, 0.2) is 0 Å². The molecule has 0 aromatic heterocycles. The maximum atomic E-state index is 2.53. The highest BCUT2D eigenvalue weighted by Gasteiger charge is 2.33. The van der Waals surface area contributed by atoms with Crippen LogP contribution in [0.2, 0.25) is 0 Å². The smallest absolute Gasteiger partial charge is 0.0104 e. The maximum absolute atomic E-state index is 2.53. The molecule has 0 spiro atoms. The summed E-state index contributed by atoms with van der Waals surface area (Å²) in [5.41, 5.74) is 7.86. The van der Waals surface area contributed by atoms with Gasteiger partial charge in [-0.1, -0.05) is 125 Å². The van der Waals surface area contributed by atoms with E-state index in [-0.39, 0.29) is 7.92 Å². The lowest BCUT2D eigenvalue weighted by Gasteiger charge is -2.39. The molecule has 2 aliphatic rings. The summed E-state index contributed by atoms with van der Waals surface area (Å²) in [6, 6.07) is 29.8. The number of hydrogen-bond donors (Lipinski definition) is 0. The average Bonchev–Trinajstić information content (AvgIpc) is 2.90. The Bertz CT molecular complexity index is 978. The summed E-state index contributed by atoms with van der Waals surface area (Å²) in [4.78, 5) is 0. The molecule has 0 unspecified atom stereocenters. The molecule has 5 rings (SSSR count). The van der Waals surface area contributed by atoms with E-state index in [4.69, 9.17) is 0 Å². The van der Waals surface area contributed by atoms with Gasteiger partial charge in [0.25, 0.3) is 0 Å². The van der Waals surface area contributed by atoms with E-state index in [0.29, 0.717) is 0 Å². The Morgan fingerprint density at radius 1 is 0.515 bits per heavy atom. The zero-order valence-electron chi connectivity index (χ0n) is 20.1. The molecule has 0 heterocycles. The largest absolute Gasteiger partial charge is 0.0683 e. The molecule has 0 atom stereocenters. The molecule has 0 bridgehead atoms. The van der Waals surface area contributed by atoms with E-state index in [9.17, 15) is 0 Å². The van der Waals surface area contributed by atoms with Gasteiger partial charge in [-0.15, -0.1) is 0 Å². The molecule has 33 heavy (non-hydrogen) atoms. The molecule has 3 aromatic carbocycles. The molecule has 0 aliphatic heterocycles. The van der Waals surface area contributed by atoms with Gasteiger partial charge in [-0.3, -0.25) is 0 Å². The van der Waals surface area contributed by atoms with E-state index < -0.39 is 0 Å². The van der Waals surface area contributed by atoms with E-state index in [1.54, 1.807) is 10.9 Å². The van der Waals surface area contributed by atoms with Crippen LogP contribution in [-0.4, -0.2) is 11.3 Å². The third-order valence-electron chi connectivity index (χ3n) is 7.95. The van der Waals surface area contributed by atoms with Crippen LogP contribution < -0.4 is 5.30 Å². The Labute approximate surface area is 202 Å². The quantitative estimate of drug-likeness (QED) is 0.313. The van der Waals surface area contributed by atoms with Crippen LogP contribution >= 0.6 is 7.92 Å². The first-order valence-corrected chi connectivity index (χ1v) is 14.9. The molecule has 0 nitrogen and oxygen atoms in total. The van der Waals surface area contributed by atoms with Crippen LogP contribution in [0.5, 0.6) is 0 Å². The van der Waals surface area contributed by atoms with Gasteiger partial charge in [-0.2, -0.15) is 0 Å². The van der Waals surface area contributed by atoms with Gasteiger partial charge < -0.3 is 0 Å². The van der Waals surface area contributed by atoms with Crippen LogP contribution in [-0.2, 0) is 12.8 Å². The topological polar surface area (TPSA) is 0 Å². The molecule has 2 saturated carbocycles. The summed E-state index contributed by atoms with van der Waals surface area (Å²) < 4.78 is 0. The molecule has 172 valence electrons. The van der Waals surface area contributed by atoms with Crippen molar-refractivity contribution in [3.63, 3.8) is 0 Å². The number of hydrogen-bond acceptors (Lipinski definition) is 0. The summed E-state index contributed by atoms with van der Waals surface area (Å²) in [6.07, 6.45) is 16.8. The second-order valence-electron chi connectivity index (χ2n) is 10.2. The van der Waals surface area contributed by atoms with Crippen molar-refractivity contribution in [2.45, 2.75) is 88.4 Å². The van der Waals surface area contributed by atoms with Crippen molar-refractivity contribution in [3.05, 3.63) is 90.0 Å². The van der Waals surface area contributed by atoms with Crippen molar-refractivity contribution in [1.82, 2.24) is 0 Å². The summed E-state index contributed by atoms with van der Waals surface area (Å²) in [7, 11) is -0.102. The molecule has 1 heteroatoms. The van der Waals surface area contributed by atoms with Crippen LogP contribution in [0, 0.1) is 0 Å². The van der Waals surface area contributed by atoms with Gasteiger partial charge in [0.2, 0.25) is 0 Å². The number of benzene rings is 3. The van der Waals surface area contributed by atoms with Crippen molar-refractivity contribution in [3.8, 4) is 11.1 Å². The molecule has 0 N–H and O–H groups in total. The minimum Gasteiger partial charge on any atom is -0.0683 e. The second kappa shape index (κ2) is 11.5. The molecular formula is C32H39P. The zero-order chi connectivity index (χ0) is 22.3. The van der Waals surface area contributed by atoms with E-state index in [1.807, 2.05) is 0 Å². The van der Waals surface area contributed by atoms with Gasteiger partial charge in [0.05, 0.1) is 0 Å². The van der Waals surface area contributed by atoms with E-state index in [0.717, 1.165) is 24.2 Å². The summed E-state index contributed by atoms with van der Waals surface area (Å²) >= 11 is 0. The Balaban J connectivity index is 1.50. The summed E-state index contributed by atoms with van der Waals surface area (Å²) in [5, 5.41) is 1.72. The third kappa shape index (κ3) is 5.60. The molecule has 3 aromatic rings. The van der Waals surface area contributed by atoms with E-state index >= 15 is 0 Å². The highest BCUT2D eigenvalue weighted by atomic mass is 31.1. The minimum absolute atomic E-state index is 0.102. The average molecular weight is 455 g/mol. The van der Waals surface area contributed by atoms with E-state index in [2.05, 4.69) is 78.9 Å². The van der Waals surface area contributed by atoms with Gasteiger partial charge in [0, 0.05) is 0 Å². The van der Waals surface area contributed by atoms with Crippen molar-refractivity contribution >= 4 is 13.2 Å². The van der Waals surface area contributed by atoms with Crippen molar-refractivity contribution < 1.29 is 0 Å². The normalized spacial score (nSPS) is 18.0. The van der Waals surface area contributed by atoms with Gasteiger partial charge in [-0.25, -0.2) is 0 Å². The van der Waals surface area contributed by atoms with Crippen LogP contribution in [0.1, 0.15) is 75.3 Å². The standard InChI is InChI=1S/C32H39P/c1-4-14-26(15-5-1)24-25-27-16-10-11-21-30(27)31-22-12-13-23-32(31)33(28-17-6-2-7-18-28)29-19-8-3-9-20-29/h1,4-5,10-16,21-23,28-29H,2-3,6-9,17-20,24-25H2. The lowest BCUT2D eigenvalue weighted by Crippen LogP contribution is -2.27. The summed E-state index contributed by atoms with van der Waals surface area (Å²) in [6.45, 7) is 0. The Kier molecular flexibility index (Phi) is 7.95. The van der Waals surface area contributed by atoms with Crippen LogP contribution in [0.25, 0.3) is 11.1 Å². The monoisotopic (exact) mass is 454 g/mol. The van der Waals surface area contributed by atoms with Gasteiger partial charge in [-0.05, 0) is 77.4 Å². The predicted octanol–water partition coefficient (Wildman–Crippen LogP) is 8.91. The summed E-state index contributed by atoms with van der Waals surface area (Å²) in [5.74, 6) is 0. The first kappa shape index (κ1) is 22.9. The fraction of sp³-hybridized carbons (Fsp3) is 0.438. The Hall–Kier alpha value is -1.91. The molecule has 2 fully saturated rings. The second-order valence-corrected chi connectivity index (χ2v) is 12.9. The highest BCUT2D eigenvalue weighted by Crippen LogP contribution is 2.56. The van der Waals surface area contributed by atoms with Crippen LogP contribution in [0.3, 0.4) is 0 Å². The van der Waals surface area contributed by atoms with Gasteiger partial charge in [0.1, 0.15) is 0 Å². The molecule has 0 radical (unpaired) electrons. The van der Waals surface area contributed by atoms with E-state index in [1.165, 1.54) is 80.9 Å². The van der Waals surface area contributed by atoms with Crippen LogP contribution in [0.15, 0.2) is 78.9 Å². The SMILES string of the molecule is c1ccc(CCc2ccccc2-c2ccccc2P(C2CCCCC2)C2CCCCC2)cc1. The van der Waals surface area contributed by atoms with Crippen molar-refractivity contribution in [1.29, 1.82) is 0 Å². The molecule has 0 amide bonds. The molecular weight excluding hydrogens is 415 g/mol. The van der Waals surface area contributed by atoms with Gasteiger partial charge >= 0.3 is 0 Å². The number of rotatable bonds is 7. The number of aryl methyl sites for hydroxylation is 2. The minimum atomic E-state index is -0.102. The highest BCUT2D eigenvalue weighted by molar-refractivity contribution is 7.67. The lowest BCUT2D eigenvalue weighted by atomic mass is 9.95.